The number of halogens is 1. The summed E-state index contributed by atoms with van der Waals surface area (Å²) >= 11 is 7.07. The molecule has 1 aliphatic rings. The molecule has 0 atom stereocenters. The average Bonchev–Trinajstić information content (AvgIpc) is 2.46. The Kier molecular flexibility index (Phi) is 3.85. The van der Waals surface area contributed by atoms with Gasteiger partial charge < -0.3 is 9.47 Å². The van der Waals surface area contributed by atoms with Crippen LogP contribution >= 0.6 is 23.4 Å². The summed E-state index contributed by atoms with van der Waals surface area (Å²) in [7, 11) is 0. The van der Waals surface area contributed by atoms with E-state index in [1.54, 1.807) is 6.07 Å². The van der Waals surface area contributed by atoms with Crippen molar-refractivity contribution in [3.05, 3.63) is 45.6 Å². The number of fused-ring (bicyclic) bond motifs is 1. The molecular weight excluding hydrogens is 316 g/mol. The Bertz CT molecular complexity index is 711. The molecule has 21 heavy (non-hydrogen) atoms. The molecule has 0 fully saturated rings. The molecule has 1 aromatic heterocycles. The highest BCUT2D eigenvalue weighted by Crippen LogP contribution is 2.37. The van der Waals surface area contributed by atoms with E-state index in [-0.39, 0.29) is 10.8 Å². The van der Waals surface area contributed by atoms with E-state index >= 15 is 0 Å². The second-order valence-corrected chi connectivity index (χ2v) is 5.63. The van der Waals surface area contributed by atoms with E-state index in [2.05, 4.69) is 4.98 Å². The van der Waals surface area contributed by atoms with Crippen LogP contribution in [-0.2, 0) is 0 Å². The molecule has 0 amide bonds. The fraction of sp³-hybridized carbons (Fsp3) is 0.154. The van der Waals surface area contributed by atoms with Gasteiger partial charge in [0, 0.05) is 11.0 Å². The fourth-order valence-corrected chi connectivity index (χ4v) is 2.95. The summed E-state index contributed by atoms with van der Waals surface area (Å²) in [6.45, 7) is 1.03. The van der Waals surface area contributed by atoms with E-state index in [1.807, 2.05) is 12.1 Å². The van der Waals surface area contributed by atoms with Crippen LogP contribution in [0.1, 0.15) is 0 Å². The predicted octanol–water partition coefficient (Wildman–Crippen LogP) is 3.57. The number of pyridine rings is 1. The molecule has 0 aliphatic carbocycles. The quantitative estimate of drug-likeness (QED) is 0.488. The van der Waals surface area contributed by atoms with Gasteiger partial charge in [0.15, 0.2) is 11.5 Å². The molecule has 1 aliphatic heterocycles. The number of rotatable bonds is 3. The zero-order valence-corrected chi connectivity index (χ0v) is 12.2. The smallest absolute Gasteiger partial charge is 0.275 e. The van der Waals surface area contributed by atoms with Crippen LogP contribution in [0.4, 0.5) is 5.69 Å². The molecule has 2 aromatic rings. The summed E-state index contributed by atoms with van der Waals surface area (Å²) in [4.78, 5) is 15.2. The number of nitro groups is 1. The third kappa shape index (κ3) is 3.20. The van der Waals surface area contributed by atoms with Crippen LogP contribution < -0.4 is 9.47 Å². The molecule has 0 spiro atoms. The summed E-state index contributed by atoms with van der Waals surface area (Å²) in [5, 5.41) is 11.4. The van der Waals surface area contributed by atoms with Gasteiger partial charge in [-0.15, -0.1) is 0 Å². The van der Waals surface area contributed by atoms with Crippen molar-refractivity contribution in [3.63, 3.8) is 0 Å². The molecule has 0 radical (unpaired) electrons. The van der Waals surface area contributed by atoms with Crippen molar-refractivity contribution in [1.82, 2.24) is 4.98 Å². The van der Waals surface area contributed by atoms with Crippen molar-refractivity contribution in [2.24, 2.45) is 0 Å². The summed E-state index contributed by atoms with van der Waals surface area (Å²) in [5.41, 5.74) is -0.0879. The zero-order chi connectivity index (χ0) is 14.8. The number of hydrogen-bond acceptors (Lipinski definition) is 6. The number of aromatic nitrogens is 1. The minimum absolute atomic E-state index is 0.0873. The van der Waals surface area contributed by atoms with E-state index in [1.165, 1.54) is 23.9 Å². The minimum Gasteiger partial charge on any atom is -0.486 e. The van der Waals surface area contributed by atoms with Crippen molar-refractivity contribution in [3.8, 4) is 11.5 Å². The van der Waals surface area contributed by atoms with Gasteiger partial charge in [-0.2, -0.15) is 0 Å². The van der Waals surface area contributed by atoms with Gasteiger partial charge in [0.25, 0.3) is 5.69 Å². The zero-order valence-electron chi connectivity index (χ0n) is 10.6. The van der Waals surface area contributed by atoms with Crippen molar-refractivity contribution in [1.29, 1.82) is 0 Å². The van der Waals surface area contributed by atoms with Gasteiger partial charge >= 0.3 is 0 Å². The molecule has 0 bridgehead atoms. The molecule has 3 rings (SSSR count). The van der Waals surface area contributed by atoms with Gasteiger partial charge in [0.1, 0.15) is 23.4 Å². The normalized spacial score (nSPS) is 13.0. The van der Waals surface area contributed by atoms with Crippen LogP contribution in [0.5, 0.6) is 11.5 Å². The lowest BCUT2D eigenvalue weighted by Crippen LogP contribution is -2.15. The first-order chi connectivity index (χ1) is 10.1. The number of ether oxygens (including phenoxy) is 2. The van der Waals surface area contributed by atoms with Gasteiger partial charge in [-0.25, -0.2) is 4.98 Å². The lowest BCUT2D eigenvalue weighted by Gasteiger charge is -2.18. The van der Waals surface area contributed by atoms with Gasteiger partial charge in [0.05, 0.1) is 11.0 Å². The molecule has 1 aromatic carbocycles. The Morgan fingerprint density at radius 3 is 2.71 bits per heavy atom. The van der Waals surface area contributed by atoms with E-state index in [9.17, 15) is 10.1 Å². The summed E-state index contributed by atoms with van der Waals surface area (Å²) in [6, 6.07) is 8.05. The maximum atomic E-state index is 10.8. The Morgan fingerprint density at radius 1 is 1.19 bits per heavy atom. The Balaban J connectivity index is 1.88. The summed E-state index contributed by atoms with van der Waals surface area (Å²) in [6.07, 6.45) is 0. The second kappa shape index (κ2) is 5.79. The predicted molar refractivity (Wildman–Crippen MR) is 77.5 cm³/mol. The van der Waals surface area contributed by atoms with E-state index in [0.717, 1.165) is 4.90 Å². The minimum atomic E-state index is -0.499. The van der Waals surface area contributed by atoms with Crippen molar-refractivity contribution in [2.45, 2.75) is 9.92 Å². The molecule has 8 heteroatoms. The van der Waals surface area contributed by atoms with Gasteiger partial charge in [-0.3, -0.25) is 10.1 Å². The van der Waals surface area contributed by atoms with Gasteiger partial charge in [0.2, 0.25) is 0 Å². The van der Waals surface area contributed by atoms with Crippen molar-refractivity contribution >= 4 is 29.1 Å². The monoisotopic (exact) mass is 324 g/mol. The average molecular weight is 325 g/mol. The van der Waals surface area contributed by atoms with Crippen LogP contribution in [0.3, 0.4) is 0 Å². The van der Waals surface area contributed by atoms with Crippen LogP contribution in [0.2, 0.25) is 5.15 Å². The molecule has 108 valence electrons. The first-order valence-corrected chi connectivity index (χ1v) is 7.21. The van der Waals surface area contributed by atoms with Crippen LogP contribution in [0.15, 0.2) is 40.3 Å². The molecule has 0 N–H and O–H groups in total. The highest BCUT2D eigenvalue weighted by Gasteiger charge is 2.14. The number of hydrogen-bond donors (Lipinski definition) is 0. The third-order valence-electron chi connectivity index (χ3n) is 2.70. The highest BCUT2D eigenvalue weighted by atomic mass is 35.5. The van der Waals surface area contributed by atoms with Gasteiger partial charge in [-0.05, 0) is 18.2 Å². The standard InChI is InChI=1S/C13H9ClN2O4S/c14-12-5-8(16(17)18)6-13(15-12)21-9-1-2-10-11(7-9)20-4-3-19-10/h1-2,5-7H,3-4H2. The second-order valence-electron chi connectivity index (χ2n) is 4.15. The SMILES string of the molecule is O=[N+]([O-])c1cc(Cl)nc(Sc2ccc3c(c2)OCCO3)c1. The van der Waals surface area contributed by atoms with Crippen LogP contribution in [0.25, 0.3) is 0 Å². The Hall–Kier alpha value is -1.99. The first-order valence-electron chi connectivity index (χ1n) is 6.01. The van der Waals surface area contributed by atoms with Crippen LogP contribution in [-0.4, -0.2) is 23.1 Å². The summed E-state index contributed by atoms with van der Waals surface area (Å²) in [5.74, 6) is 1.35. The highest BCUT2D eigenvalue weighted by molar-refractivity contribution is 7.99. The number of benzene rings is 1. The van der Waals surface area contributed by atoms with E-state index in [0.29, 0.717) is 29.7 Å². The topological polar surface area (TPSA) is 74.5 Å². The van der Waals surface area contributed by atoms with E-state index < -0.39 is 4.92 Å². The third-order valence-corrected chi connectivity index (χ3v) is 3.80. The molecule has 6 nitrogen and oxygen atoms in total. The molecular formula is C13H9ClN2O4S. The van der Waals surface area contributed by atoms with Crippen molar-refractivity contribution in [2.75, 3.05) is 13.2 Å². The van der Waals surface area contributed by atoms with Gasteiger partial charge in [-0.1, -0.05) is 23.4 Å². The molecule has 2 heterocycles. The Labute approximate surface area is 129 Å². The Morgan fingerprint density at radius 2 is 1.95 bits per heavy atom. The first kappa shape index (κ1) is 14.0. The largest absolute Gasteiger partial charge is 0.486 e. The lowest BCUT2D eigenvalue weighted by atomic mass is 10.3. The van der Waals surface area contributed by atoms with Crippen LogP contribution in [0, 0.1) is 10.1 Å². The molecule has 0 saturated heterocycles. The number of nitrogens with zero attached hydrogens (tertiary/aromatic N) is 2. The molecule has 0 unspecified atom stereocenters. The summed E-state index contributed by atoms with van der Waals surface area (Å²) < 4.78 is 10.9. The lowest BCUT2D eigenvalue weighted by molar-refractivity contribution is -0.385. The molecule has 0 saturated carbocycles. The van der Waals surface area contributed by atoms with E-state index in [4.69, 9.17) is 21.1 Å². The van der Waals surface area contributed by atoms with Crippen molar-refractivity contribution < 1.29 is 14.4 Å². The fourth-order valence-electron chi connectivity index (χ4n) is 1.83. The maximum Gasteiger partial charge on any atom is 0.275 e. The maximum absolute atomic E-state index is 10.8.